The van der Waals surface area contributed by atoms with Crippen molar-refractivity contribution in [2.45, 2.75) is 52.9 Å². The van der Waals surface area contributed by atoms with E-state index >= 15 is 0 Å². The fraction of sp³-hybridized carbons (Fsp3) is 0.909. The van der Waals surface area contributed by atoms with Crippen molar-refractivity contribution in [3.05, 3.63) is 0 Å². The highest BCUT2D eigenvalue weighted by Gasteiger charge is 2.39. The minimum Gasteiger partial charge on any atom is -0.460 e. The molecule has 14 heavy (non-hydrogen) atoms. The van der Waals surface area contributed by atoms with Crippen LogP contribution in [-0.2, 0) is 14.3 Å². The fourth-order valence-electron chi connectivity index (χ4n) is 2.09. The number of carbonyl (C=O) groups excluding carboxylic acids is 1. The normalized spacial score (nSPS) is 43.4. The van der Waals surface area contributed by atoms with E-state index in [1.807, 2.05) is 6.92 Å². The molecule has 0 aromatic rings. The van der Waals surface area contributed by atoms with Crippen molar-refractivity contribution < 1.29 is 14.3 Å². The zero-order valence-corrected chi connectivity index (χ0v) is 9.61. The van der Waals surface area contributed by atoms with Crippen LogP contribution in [-0.4, -0.2) is 24.3 Å². The van der Waals surface area contributed by atoms with Crippen molar-refractivity contribution in [3.63, 3.8) is 0 Å². The number of hydrogen-bond donors (Lipinski definition) is 0. The summed E-state index contributed by atoms with van der Waals surface area (Å²) in [6.45, 7) is 9.74. The minimum absolute atomic E-state index is 0.0000926. The van der Waals surface area contributed by atoms with Crippen molar-refractivity contribution in [1.82, 2.24) is 0 Å². The van der Waals surface area contributed by atoms with Gasteiger partial charge in [0.05, 0.1) is 12.2 Å². The van der Waals surface area contributed by atoms with Crippen LogP contribution in [0.25, 0.3) is 0 Å². The molecule has 0 bridgehead atoms. The Kier molecular flexibility index (Phi) is 3.53. The molecule has 5 atom stereocenters. The highest BCUT2D eigenvalue weighted by Crippen LogP contribution is 2.32. The van der Waals surface area contributed by atoms with Crippen LogP contribution in [0.3, 0.4) is 0 Å². The van der Waals surface area contributed by atoms with Crippen molar-refractivity contribution in [2.24, 2.45) is 11.8 Å². The third kappa shape index (κ3) is 2.27. The molecule has 1 aliphatic rings. The highest BCUT2D eigenvalue weighted by atomic mass is 16.6. The lowest BCUT2D eigenvalue weighted by molar-refractivity contribution is -0.187. The molecular weight excluding hydrogens is 180 g/mol. The molecule has 2 unspecified atom stereocenters. The molecule has 0 aliphatic carbocycles. The van der Waals surface area contributed by atoms with Crippen LogP contribution >= 0.6 is 0 Å². The molecule has 0 aromatic carbocycles. The highest BCUT2D eigenvalue weighted by molar-refractivity contribution is 5.66. The van der Waals surface area contributed by atoms with Gasteiger partial charge in [-0.2, -0.15) is 0 Å². The Morgan fingerprint density at radius 3 is 2.14 bits per heavy atom. The van der Waals surface area contributed by atoms with E-state index in [1.165, 1.54) is 6.92 Å². The third-order valence-electron chi connectivity index (χ3n) is 3.28. The largest absolute Gasteiger partial charge is 0.460 e. The van der Waals surface area contributed by atoms with E-state index in [-0.39, 0.29) is 24.3 Å². The van der Waals surface area contributed by atoms with E-state index in [9.17, 15) is 4.79 Å². The number of rotatable bonds is 1. The van der Waals surface area contributed by atoms with E-state index in [0.29, 0.717) is 11.8 Å². The second-order valence-electron chi connectivity index (χ2n) is 4.34. The molecule has 0 radical (unpaired) electrons. The molecule has 0 aromatic heterocycles. The van der Waals surface area contributed by atoms with Crippen LogP contribution in [0, 0.1) is 11.8 Å². The number of esters is 1. The molecule has 1 rings (SSSR count). The summed E-state index contributed by atoms with van der Waals surface area (Å²) in [5.74, 6) is 0.562. The lowest BCUT2D eigenvalue weighted by atomic mass is 9.82. The molecule has 3 heteroatoms. The van der Waals surface area contributed by atoms with Gasteiger partial charge in [-0.25, -0.2) is 0 Å². The third-order valence-corrected chi connectivity index (χ3v) is 3.28. The zero-order chi connectivity index (χ0) is 10.9. The maximum atomic E-state index is 10.9. The smallest absolute Gasteiger partial charge is 0.303 e. The number of ether oxygens (including phenoxy) is 2. The predicted octanol–water partition coefficient (Wildman–Crippen LogP) is 2.00. The average molecular weight is 200 g/mol. The summed E-state index contributed by atoms with van der Waals surface area (Å²) in [6.07, 6.45) is 0.144. The molecule has 1 heterocycles. The number of hydrogen-bond acceptors (Lipinski definition) is 3. The molecule has 0 N–H and O–H groups in total. The van der Waals surface area contributed by atoms with Gasteiger partial charge in [-0.15, -0.1) is 0 Å². The van der Waals surface area contributed by atoms with Gasteiger partial charge in [-0.3, -0.25) is 4.79 Å². The van der Waals surface area contributed by atoms with Gasteiger partial charge in [0.15, 0.2) is 0 Å². The molecule has 82 valence electrons. The van der Waals surface area contributed by atoms with Gasteiger partial charge in [0.1, 0.15) is 6.10 Å². The minimum atomic E-state index is -0.223. The first-order valence-electron chi connectivity index (χ1n) is 5.26. The Bertz CT molecular complexity index is 215. The van der Waals surface area contributed by atoms with E-state index in [4.69, 9.17) is 9.47 Å². The Labute approximate surface area is 85.8 Å². The lowest BCUT2D eigenvalue weighted by Gasteiger charge is -2.41. The van der Waals surface area contributed by atoms with Crippen molar-refractivity contribution in [1.29, 1.82) is 0 Å². The molecule has 0 amide bonds. The van der Waals surface area contributed by atoms with E-state index in [1.54, 1.807) is 0 Å². The van der Waals surface area contributed by atoms with Gasteiger partial charge in [0, 0.05) is 12.8 Å². The first-order chi connectivity index (χ1) is 6.43. The summed E-state index contributed by atoms with van der Waals surface area (Å²) in [4.78, 5) is 10.9. The fourth-order valence-corrected chi connectivity index (χ4v) is 2.09. The van der Waals surface area contributed by atoms with Crippen LogP contribution < -0.4 is 0 Å². The van der Waals surface area contributed by atoms with Crippen LogP contribution in [0.1, 0.15) is 34.6 Å². The van der Waals surface area contributed by atoms with Gasteiger partial charge in [0.2, 0.25) is 0 Å². The molecule has 0 saturated carbocycles. The summed E-state index contributed by atoms with van der Waals surface area (Å²) in [5, 5.41) is 0. The standard InChI is InChI=1S/C11H20O3/c1-6-7(2)11(14-10(5)12)9(4)13-8(6)3/h6-9,11H,1-5H3/t6-,7+,8?,9+,11?/m1/s1. The van der Waals surface area contributed by atoms with Gasteiger partial charge >= 0.3 is 5.97 Å². The average Bonchev–Trinajstić information content (AvgIpc) is 2.09. The molecule has 3 nitrogen and oxygen atoms in total. The van der Waals surface area contributed by atoms with Crippen molar-refractivity contribution in [3.8, 4) is 0 Å². The summed E-state index contributed by atoms with van der Waals surface area (Å²) in [7, 11) is 0. The van der Waals surface area contributed by atoms with Gasteiger partial charge in [-0.1, -0.05) is 13.8 Å². The Morgan fingerprint density at radius 2 is 1.64 bits per heavy atom. The van der Waals surface area contributed by atoms with E-state index in [0.717, 1.165) is 0 Å². The maximum Gasteiger partial charge on any atom is 0.303 e. The second-order valence-corrected chi connectivity index (χ2v) is 4.34. The number of carbonyl (C=O) groups is 1. The van der Waals surface area contributed by atoms with Crippen LogP contribution in [0.5, 0.6) is 0 Å². The van der Waals surface area contributed by atoms with Crippen molar-refractivity contribution >= 4 is 5.97 Å². The topological polar surface area (TPSA) is 35.5 Å². The summed E-state index contributed by atoms with van der Waals surface area (Å²) in [5.41, 5.74) is 0. The van der Waals surface area contributed by atoms with Crippen LogP contribution in [0.4, 0.5) is 0 Å². The van der Waals surface area contributed by atoms with E-state index in [2.05, 4.69) is 20.8 Å². The first kappa shape index (κ1) is 11.5. The van der Waals surface area contributed by atoms with E-state index < -0.39 is 0 Å². The van der Waals surface area contributed by atoms with Crippen LogP contribution in [0.2, 0.25) is 0 Å². The predicted molar refractivity (Wildman–Crippen MR) is 53.9 cm³/mol. The quantitative estimate of drug-likeness (QED) is 0.607. The molecule has 1 aliphatic heterocycles. The summed E-state index contributed by atoms with van der Waals surface area (Å²) >= 11 is 0. The monoisotopic (exact) mass is 200 g/mol. The van der Waals surface area contributed by atoms with Crippen molar-refractivity contribution in [2.75, 3.05) is 0 Å². The first-order valence-corrected chi connectivity index (χ1v) is 5.26. The Hall–Kier alpha value is -0.570. The lowest BCUT2D eigenvalue weighted by Crippen LogP contribution is -2.48. The van der Waals surface area contributed by atoms with Crippen LogP contribution in [0.15, 0.2) is 0 Å². The summed E-state index contributed by atoms with van der Waals surface area (Å²) < 4.78 is 11.0. The molecule has 1 fully saturated rings. The van der Waals surface area contributed by atoms with Gasteiger partial charge < -0.3 is 9.47 Å². The maximum absolute atomic E-state index is 10.9. The summed E-state index contributed by atoms with van der Waals surface area (Å²) in [6, 6.07) is 0. The molecule has 1 saturated heterocycles. The second kappa shape index (κ2) is 4.30. The molecular formula is C11H20O3. The van der Waals surface area contributed by atoms with Gasteiger partial charge in [-0.05, 0) is 19.8 Å². The van der Waals surface area contributed by atoms with Gasteiger partial charge in [0.25, 0.3) is 0 Å². The Balaban J connectivity index is 2.68. The zero-order valence-electron chi connectivity index (χ0n) is 9.61. The Morgan fingerprint density at radius 1 is 1.07 bits per heavy atom. The SMILES string of the molecule is CC(=O)OC1[C@H](C)OC(C)[C@H](C)[C@@H]1C. The molecule has 0 spiro atoms.